The molecule has 2 N–H and O–H groups in total. The quantitative estimate of drug-likeness (QED) is 0.869. The Morgan fingerprint density at radius 1 is 1.40 bits per heavy atom. The van der Waals surface area contributed by atoms with Crippen LogP contribution < -0.4 is 5.73 Å². The Labute approximate surface area is 131 Å². The van der Waals surface area contributed by atoms with E-state index in [9.17, 15) is 4.79 Å². The van der Waals surface area contributed by atoms with Crippen molar-refractivity contribution in [3.8, 4) is 0 Å². The van der Waals surface area contributed by atoms with E-state index >= 15 is 0 Å². The first kappa shape index (κ1) is 17.3. The Morgan fingerprint density at radius 2 is 2.05 bits per heavy atom. The fourth-order valence-electron chi connectivity index (χ4n) is 2.34. The highest BCUT2D eigenvalue weighted by Crippen LogP contribution is 2.24. The second-order valence-electron chi connectivity index (χ2n) is 5.33. The number of hydrogen-bond acceptors (Lipinski definition) is 3. The van der Waals surface area contributed by atoms with E-state index in [0.717, 1.165) is 25.1 Å². The highest BCUT2D eigenvalue weighted by atomic mass is 35.5. The normalized spacial score (nSPS) is 18.2. The molecule has 1 aliphatic heterocycles. The zero-order chi connectivity index (χ0) is 13.8. The van der Waals surface area contributed by atoms with E-state index in [1.54, 1.807) is 0 Å². The highest BCUT2D eigenvalue weighted by Gasteiger charge is 2.25. The zero-order valence-electron chi connectivity index (χ0n) is 12.0. The van der Waals surface area contributed by atoms with Crippen molar-refractivity contribution in [1.82, 2.24) is 4.90 Å². The molecule has 0 aliphatic carbocycles. The summed E-state index contributed by atoms with van der Waals surface area (Å²) >= 11 is 1.81. The summed E-state index contributed by atoms with van der Waals surface area (Å²) < 4.78 is 0. The number of halogens is 1. The van der Waals surface area contributed by atoms with Crippen molar-refractivity contribution in [2.75, 3.05) is 19.6 Å². The van der Waals surface area contributed by atoms with Crippen LogP contribution in [-0.4, -0.2) is 35.7 Å². The minimum Gasteiger partial charge on any atom is -0.338 e. The van der Waals surface area contributed by atoms with Gasteiger partial charge in [-0.15, -0.1) is 24.2 Å². The molecule has 1 aromatic carbocycles. The van der Waals surface area contributed by atoms with Crippen LogP contribution in [-0.2, 0) is 0 Å². The van der Waals surface area contributed by atoms with E-state index in [1.165, 1.54) is 4.90 Å². The van der Waals surface area contributed by atoms with Gasteiger partial charge in [0, 0.05) is 28.8 Å². The van der Waals surface area contributed by atoms with Gasteiger partial charge >= 0.3 is 0 Å². The van der Waals surface area contributed by atoms with Crippen molar-refractivity contribution in [2.24, 2.45) is 11.7 Å². The van der Waals surface area contributed by atoms with Crippen molar-refractivity contribution < 1.29 is 4.79 Å². The molecule has 2 rings (SSSR count). The topological polar surface area (TPSA) is 46.3 Å². The largest absolute Gasteiger partial charge is 0.338 e. The predicted octanol–water partition coefficient (Wildman–Crippen LogP) is 3.03. The number of likely N-dealkylation sites (tertiary alicyclic amines) is 1. The summed E-state index contributed by atoms with van der Waals surface area (Å²) in [6.07, 6.45) is 1.03. The van der Waals surface area contributed by atoms with Crippen LogP contribution in [0, 0.1) is 5.92 Å². The molecule has 0 radical (unpaired) electrons. The molecule has 3 nitrogen and oxygen atoms in total. The lowest BCUT2D eigenvalue weighted by Crippen LogP contribution is -2.29. The number of thioether (sulfide) groups is 1. The molecule has 5 heteroatoms. The number of hydrogen-bond donors (Lipinski definition) is 1. The van der Waals surface area contributed by atoms with Gasteiger partial charge in [0.2, 0.25) is 0 Å². The van der Waals surface area contributed by atoms with E-state index in [2.05, 4.69) is 13.8 Å². The Morgan fingerprint density at radius 3 is 2.55 bits per heavy atom. The number of benzene rings is 1. The van der Waals surface area contributed by atoms with Gasteiger partial charge in [-0.2, -0.15) is 0 Å². The molecule has 0 spiro atoms. The summed E-state index contributed by atoms with van der Waals surface area (Å²) in [5.74, 6) is 0.608. The van der Waals surface area contributed by atoms with Gasteiger partial charge in [0.15, 0.2) is 0 Å². The molecule has 1 atom stereocenters. The number of amides is 1. The molecular formula is C15H23ClN2OS. The van der Waals surface area contributed by atoms with Crippen LogP contribution in [0.15, 0.2) is 29.2 Å². The summed E-state index contributed by atoms with van der Waals surface area (Å²) in [7, 11) is 0. The fraction of sp³-hybridized carbons (Fsp3) is 0.533. The van der Waals surface area contributed by atoms with Crippen molar-refractivity contribution in [2.45, 2.75) is 30.4 Å². The van der Waals surface area contributed by atoms with Gasteiger partial charge in [-0.3, -0.25) is 4.79 Å². The van der Waals surface area contributed by atoms with Gasteiger partial charge in [0.25, 0.3) is 5.91 Å². The van der Waals surface area contributed by atoms with Gasteiger partial charge in [-0.25, -0.2) is 0 Å². The Bertz CT molecular complexity index is 436. The third kappa shape index (κ3) is 4.40. The second kappa shape index (κ2) is 7.91. The number of nitrogens with two attached hydrogens (primary N) is 1. The maximum atomic E-state index is 12.3. The molecule has 1 fully saturated rings. The summed E-state index contributed by atoms with van der Waals surface area (Å²) in [4.78, 5) is 15.5. The van der Waals surface area contributed by atoms with E-state index in [0.29, 0.717) is 17.7 Å². The maximum absolute atomic E-state index is 12.3. The first-order chi connectivity index (χ1) is 9.10. The monoisotopic (exact) mass is 314 g/mol. The van der Waals surface area contributed by atoms with Gasteiger partial charge in [-0.05, 0) is 43.1 Å². The molecule has 0 bridgehead atoms. The van der Waals surface area contributed by atoms with E-state index in [-0.39, 0.29) is 18.3 Å². The lowest BCUT2D eigenvalue weighted by molar-refractivity contribution is 0.0787. The van der Waals surface area contributed by atoms with Crippen molar-refractivity contribution >= 4 is 30.1 Å². The molecule has 1 amide bonds. The maximum Gasteiger partial charge on any atom is 0.253 e. The van der Waals surface area contributed by atoms with E-state index < -0.39 is 0 Å². The Balaban J connectivity index is 0.00000200. The van der Waals surface area contributed by atoms with Gasteiger partial charge in [-0.1, -0.05) is 13.8 Å². The molecule has 1 heterocycles. The highest BCUT2D eigenvalue weighted by molar-refractivity contribution is 7.99. The third-order valence-corrected chi connectivity index (χ3v) is 4.40. The van der Waals surface area contributed by atoms with Crippen LogP contribution in [0.1, 0.15) is 30.6 Å². The van der Waals surface area contributed by atoms with Crippen LogP contribution in [0.4, 0.5) is 0 Å². The first-order valence-electron chi connectivity index (χ1n) is 6.86. The molecule has 1 unspecified atom stereocenters. The minimum atomic E-state index is 0. The van der Waals surface area contributed by atoms with Crippen molar-refractivity contribution in [1.29, 1.82) is 0 Å². The first-order valence-corrected chi connectivity index (χ1v) is 7.74. The Kier molecular flexibility index (Phi) is 6.86. The van der Waals surface area contributed by atoms with Gasteiger partial charge in [0.05, 0.1) is 0 Å². The molecule has 1 saturated heterocycles. The van der Waals surface area contributed by atoms with Gasteiger partial charge in [0.1, 0.15) is 0 Å². The van der Waals surface area contributed by atoms with E-state index in [4.69, 9.17) is 5.73 Å². The summed E-state index contributed by atoms with van der Waals surface area (Å²) in [6.45, 7) is 6.65. The van der Waals surface area contributed by atoms with Crippen LogP contribution in [0.3, 0.4) is 0 Å². The molecule has 0 aromatic heterocycles. The predicted molar refractivity (Wildman–Crippen MR) is 87.7 cm³/mol. The van der Waals surface area contributed by atoms with Crippen molar-refractivity contribution in [3.63, 3.8) is 0 Å². The van der Waals surface area contributed by atoms with Crippen molar-refractivity contribution in [3.05, 3.63) is 29.8 Å². The van der Waals surface area contributed by atoms with Crippen LogP contribution in [0.2, 0.25) is 0 Å². The lowest BCUT2D eigenvalue weighted by atomic mass is 10.1. The molecule has 1 aromatic rings. The van der Waals surface area contributed by atoms with Gasteiger partial charge < -0.3 is 10.6 Å². The summed E-state index contributed by atoms with van der Waals surface area (Å²) in [6, 6.07) is 7.94. The zero-order valence-corrected chi connectivity index (χ0v) is 13.7. The average Bonchev–Trinajstić information content (AvgIpc) is 2.87. The third-order valence-electron chi connectivity index (χ3n) is 3.38. The van der Waals surface area contributed by atoms with Crippen LogP contribution in [0.25, 0.3) is 0 Å². The van der Waals surface area contributed by atoms with E-state index in [1.807, 2.05) is 40.9 Å². The van der Waals surface area contributed by atoms with Crippen LogP contribution >= 0.6 is 24.2 Å². The number of carbonyl (C=O) groups excluding carboxylic acids is 1. The molecule has 0 saturated carbocycles. The number of nitrogens with zero attached hydrogens (tertiary/aromatic N) is 1. The lowest BCUT2D eigenvalue weighted by Gasteiger charge is -2.16. The molecule has 112 valence electrons. The second-order valence-corrected chi connectivity index (χ2v) is 6.98. The Hall–Kier alpha value is -0.710. The summed E-state index contributed by atoms with van der Waals surface area (Å²) in [5, 5.41) is 0.561. The summed E-state index contributed by atoms with van der Waals surface area (Å²) in [5.41, 5.74) is 6.44. The molecular weight excluding hydrogens is 292 g/mol. The smallest absolute Gasteiger partial charge is 0.253 e. The number of rotatable bonds is 4. The van der Waals surface area contributed by atoms with Crippen LogP contribution in [0.5, 0.6) is 0 Å². The number of carbonyl (C=O) groups is 1. The average molecular weight is 315 g/mol. The molecule has 20 heavy (non-hydrogen) atoms. The minimum absolute atomic E-state index is 0. The molecule has 1 aliphatic rings. The standard InChI is InChI=1S/C15H22N2OS.ClH/c1-11(2)19-14-5-3-13(4-6-14)15(18)17-8-7-12(9-16)10-17;/h3-6,11-12H,7-10,16H2,1-2H3;1H. The fourth-order valence-corrected chi connectivity index (χ4v) is 3.18. The SMILES string of the molecule is CC(C)Sc1ccc(C(=O)N2CCC(CN)C2)cc1.Cl.